The fourth-order valence-electron chi connectivity index (χ4n) is 3.74. The van der Waals surface area contributed by atoms with Crippen LogP contribution in [-0.2, 0) is 40.0 Å². The maximum atomic E-state index is 13.3. The summed E-state index contributed by atoms with van der Waals surface area (Å²) in [6.07, 6.45) is -2.96. The van der Waals surface area contributed by atoms with Gasteiger partial charge in [0.1, 0.15) is 30.4 Å². The number of rotatable bonds is 10. The summed E-state index contributed by atoms with van der Waals surface area (Å²) in [7, 11) is 0. The van der Waals surface area contributed by atoms with Gasteiger partial charge < -0.3 is 30.2 Å². The summed E-state index contributed by atoms with van der Waals surface area (Å²) >= 11 is 0. The first-order valence-corrected chi connectivity index (χ1v) is 12.9. The van der Waals surface area contributed by atoms with Crippen molar-refractivity contribution >= 4 is 35.9 Å². The third kappa shape index (κ3) is 9.24. The van der Waals surface area contributed by atoms with E-state index in [1.54, 1.807) is 58.9 Å². The Bertz CT molecular complexity index is 1100. The Labute approximate surface area is 233 Å². The fourth-order valence-corrected chi connectivity index (χ4v) is 3.74. The van der Waals surface area contributed by atoms with Crippen LogP contribution in [0.25, 0.3) is 0 Å². The number of carbonyl (C=O) groups is 6. The van der Waals surface area contributed by atoms with Gasteiger partial charge in [-0.25, -0.2) is 19.3 Å². The summed E-state index contributed by atoms with van der Waals surface area (Å²) in [5, 5.41) is 7.23. The van der Waals surface area contributed by atoms with Crippen LogP contribution in [0, 0.1) is 5.92 Å². The van der Waals surface area contributed by atoms with Crippen molar-refractivity contribution in [3.8, 4) is 0 Å². The molecule has 1 aromatic rings. The van der Waals surface area contributed by atoms with Crippen molar-refractivity contribution in [1.82, 2.24) is 20.9 Å². The lowest BCUT2D eigenvalue weighted by Crippen LogP contribution is -2.58. The summed E-state index contributed by atoms with van der Waals surface area (Å²) in [6.45, 7) is 10.6. The van der Waals surface area contributed by atoms with Crippen LogP contribution in [0.15, 0.2) is 30.3 Å². The van der Waals surface area contributed by atoms with Gasteiger partial charge in [-0.1, -0.05) is 44.2 Å². The molecule has 0 aromatic heterocycles. The van der Waals surface area contributed by atoms with Gasteiger partial charge in [0.15, 0.2) is 6.04 Å². The van der Waals surface area contributed by atoms with Crippen LogP contribution in [-0.4, -0.2) is 77.2 Å². The second-order valence-corrected chi connectivity index (χ2v) is 10.7. The summed E-state index contributed by atoms with van der Waals surface area (Å²) in [4.78, 5) is 76.4. The average molecular weight is 563 g/mol. The van der Waals surface area contributed by atoms with Gasteiger partial charge in [-0.05, 0) is 46.1 Å². The number of benzene rings is 1. The molecule has 1 aliphatic heterocycles. The van der Waals surface area contributed by atoms with E-state index in [4.69, 9.17) is 14.2 Å². The van der Waals surface area contributed by atoms with Gasteiger partial charge in [-0.15, -0.1) is 0 Å². The van der Waals surface area contributed by atoms with Crippen molar-refractivity contribution in [3.05, 3.63) is 35.9 Å². The molecule has 0 unspecified atom stereocenters. The topological polar surface area (TPSA) is 169 Å². The number of amides is 5. The fraction of sp³-hybridized carbons (Fsp3) is 0.556. The van der Waals surface area contributed by atoms with Gasteiger partial charge in [-0.2, -0.15) is 0 Å². The summed E-state index contributed by atoms with van der Waals surface area (Å²) in [6, 6.07) is 5.41. The molecule has 4 atom stereocenters. The number of alkyl carbamates (subject to hydrolysis) is 1. The van der Waals surface area contributed by atoms with Crippen molar-refractivity contribution in [1.29, 1.82) is 0 Å². The molecule has 1 fully saturated rings. The normalized spacial score (nSPS) is 18.3. The second kappa shape index (κ2) is 13.8. The van der Waals surface area contributed by atoms with Gasteiger partial charge in [0.05, 0.1) is 6.54 Å². The molecule has 0 aliphatic carbocycles. The standard InChI is InChI=1S/C27H38N4O9/c1-15(2)20(30-25(36)40-27(5,6)7)23(34)31-21(17(4)39-26(31)37)22(33)28-13-19(32)29-16(3)24(35)38-14-18-11-9-8-10-12-18/h8-12,15-17,20-21H,13-14H2,1-7H3,(H,28,33)(H,29,32)(H,30,36)/t16-,17-,20-,21+/m0/s1. The number of cyclic esters (lactones) is 1. The molecule has 13 heteroatoms. The number of hydrogen-bond acceptors (Lipinski definition) is 9. The quantitative estimate of drug-likeness (QED) is 0.283. The average Bonchev–Trinajstić information content (AvgIpc) is 3.16. The predicted octanol–water partition coefficient (Wildman–Crippen LogP) is 1.64. The zero-order chi connectivity index (χ0) is 30.2. The maximum absolute atomic E-state index is 13.3. The highest BCUT2D eigenvalue weighted by Gasteiger charge is 2.49. The van der Waals surface area contributed by atoms with Crippen molar-refractivity contribution < 1.29 is 43.0 Å². The van der Waals surface area contributed by atoms with Gasteiger partial charge in [0.2, 0.25) is 11.8 Å². The summed E-state index contributed by atoms with van der Waals surface area (Å²) in [5.41, 5.74) is -0.0429. The van der Waals surface area contributed by atoms with Crippen LogP contribution in [0.5, 0.6) is 0 Å². The van der Waals surface area contributed by atoms with Gasteiger partial charge >= 0.3 is 18.2 Å². The molecular formula is C27H38N4O9. The Morgan fingerprint density at radius 2 is 1.65 bits per heavy atom. The number of hydrogen-bond donors (Lipinski definition) is 3. The van der Waals surface area contributed by atoms with Crippen LogP contribution in [0.4, 0.5) is 9.59 Å². The highest BCUT2D eigenvalue weighted by Crippen LogP contribution is 2.22. The van der Waals surface area contributed by atoms with E-state index >= 15 is 0 Å². The molecule has 3 N–H and O–H groups in total. The van der Waals surface area contributed by atoms with Crippen LogP contribution in [0.1, 0.15) is 54.0 Å². The van der Waals surface area contributed by atoms with Crippen LogP contribution < -0.4 is 16.0 Å². The number of carbonyl (C=O) groups excluding carboxylic acids is 6. The second-order valence-electron chi connectivity index (χ2n) is 10.7. The zero-order valence-corrected chi connectivity index (χ0v) is 23.8. The Morgan fingerprint density at radius 3 is 2.23 bits per heavy atom. The lowest BCUT2D eigenvalue weighted by atomic mass is 10.0. The molecule has 220 valence electrons. The van der Waals surface area contributed by atoms with E-state index in [0.717, 1.165) is 5.56 Å². The molecule has 1 aromatic carbocycles. The molecule has 5 amide bonds. The summed E-state index contributed by atoms with van der Waals surface area (Å²) < 4.78 is 15.5. The Balaban J connectivity index is 1.98. The lowest BCUT2D eigenvalue weighted by Gasteiger charge is -2.29. The van der Waals surface area contributed by atoms with Crippen molar-refractivity contribution in [2.45, 2.75) is 84.9 Å². The first-order chi connectivity index (χ1) is 18.6. The van der Waals surface area contributed by atoms with E-state index in [1.165, 1.54) is 13.8 Å². The Morgan fingerprint density at radius 1 is 1.02 bits per heavy atom. The Kier molecular flexibility index (Phi) is 11.0. The minimum Gasteiger partial charge on any atom is -0.459 e. The van der Waals surface area contributed by atoms with Gasteiger partial charge in [-0.3, -0.25) is 14.4 Å². The number of nitrogens with zero attached hydrogens (tertiary/aromatic N) is 1. The van der Waals surface area contributed by atoms with E-state index in [2.05, 4.69) is 16.0 Å². The highest BCUT2D eigenvalue weighted by atomic mass is 16.6. The van der Waals surface area contributed by atoms with Crippen LogP contribution in [0.3, 0.4) is 0 Å². The number of nitrogens with one attached hydrogen (secondary N) is 3. The highest BCUT2D eigenvalue weighted by molar-refractivity contribution is 6.03. The van der Waals surface area contributed by atoms with Crippen molar-refractivity contribution in [2.24, 2.45) is 5.92 Å². The Hall–Kier alpha value is -4.16. The molecule has 1 aliphatic rings. The lowest BCUT2D eigenvalue weighted by molar-refractivity contribution is -0.148. The summed E-state index contributed by atoms with van der Waals surface area (Å²) in [5.74, 6) is -3.53. The minimum atomic E-state index is -1.40. The SMILES string of the molecule is CC(C)[C@H](NC(=O)OC(C)(C)C)C(=O)N1C(=O)O[C@@H](C)[C@@H]1C(=O)NCC(=O)N[C@@H](C)C(=O)OCc1ccccc1. The maximum Gasteiger partial charge on any atom is 0.417 e. The monoisotopic (exact) mass is 562 g/mol. The van der Waals surface area contributed by atoms with Gasteiger partial charge in [0.25, 0.3) is 5.91 Å². The molecule has 40 heavy (non-hydrogen) atoms. The van der Waals surface area contributed by atoms with E-state index in [9.17, 15) is 28.8 Å². The smallest absolute Gasteiger partial charge is 0.417 e. The van der Waals surface area contributed by atoms with Crippen LogP contribution in [0.2, 0.25) is 0 Å². The molecular weight excluding hydrogens is 524 g/mol. The first-order valence-electron chi connectivity index (χ1n) is 12.9. The molecule has 13 nitrogen and oxygen atoms in total. The molecule has 0 radical (unpaired) electrons. The van der Waals surface area contributed by atoms with Crippen molar-refractivity contribution in [2.75, 3.05) is 6.54 Å². The molecule has 0 saturated carbocycles. The molecule has 1 saturated heterocycles. The predicted molar refractivity (Wildman–Crippen MR) is 141 cm³/mol. The molecule has 0 bridgehead atoms. The number of esters is 1. The molecule has 1 heterocycles. The molecule has 0 spiro atoms. The molecule has 2 rings (SSSR count). The first kappa shape index (κ1) is 32.1. The van der Waals surface area contributed by atoms with Crippen molar-refractivity contribution in [3.63, 3.8) is 0 Å². The van der Waals surface area contributed by atoms with Gasteiger partial charge in [0, 0.05) is 0 Å². The zero-order valence-electron chi connectivity index (χ0n) is 23.8. The third-order valence-corrected chi connectivity index (χ3v) is 5.70. The third-order valence-electron chi connectivity index (χ3n) is 5.70. The minimum absolute atomic E-state index is 0.0359. The largest absolute Gasteiger partial charge is 0.459 e. The number of imide groups is 1. The van der Waals surface area contributed by atoms with E-state index < -0.39 is 78.2 Å². The van der Waals surface area contributed by atoms with E-state index in [0.29, 0.717) is 4.90 Å². The van der Waals surface area contributed by atoms with E-state index in [-0.39, 0.29) is 6.61 Å². The van der Waals surface area contributed by atoms with E-state index in [1.807, 2.05) is 6.07 Å². The van der Waals surface area contributed by atoms with Crippen LogP contribution >= 0.6 is 0 Å². The number of ether oxygens (including phenoxy) is 3.